The molecule has 0 heterocycles. The van der Waals surface area contributed by atoms with E-state index >= 15 is 0 Å². The second kappa shape index (κ2) is 5.02. The Balaban J connectivity index is 2.31. The Hall–Kier alpha value is -0.560. The third-order valence-corrected chi connectivity index (χ3v) is 5.74. The smallest absolute Gasteiger partial charge is 0.0594 e. The summed E-state index contributed by atoms with van der Waals surface area (Å²) in [4.78, 5) is 0. The molecule has 0 aliphatic heterocycles. The summed E-state index contributed by atoms with van der Waals surface area (Å²) in [5.74, 6) is 0.643. The number of allylic oxidation sites excluding steroid dienone is 4. The van der Waals surface area contributed by atoms with Crippen molar-refractivity contribution in [1.82, 2.24) is 0 Å². The molecule has 1 saturated carbocycles. The molecule has 2 atom stereocenters. The lowest BCUT2D eigenvalue weighted by Crippen LogP contribution is -2.44. The predicted octanol–water partition coefficient (Wildman–Crippen LogP) is 5.26. The molecule has 114 valence electrons. The molecule has 0 unspecified atom stereocenters. The number of aliphatic hydroxyl groups is 1. The summed E-state index contributed by atoms with van der Waals surface area (Å²) >= 11 is 0. The van der Waals surface area contributed by atoms with Gasteiger partial charge in [0.05, 0.1) is 5.60 Å². The molecule has 1 heteroatoms. The summed E-state index contributed by atoms with van der Waals surface area (Å²) in [6.45, 7) is 13.4. The lowest BCUT2D eigenvalue weighted by atomic mass is 9.51. The first-order chi connectivity index (χ1) is 9.06. The fourth-order valence-electron chi connectivity index (χ4n) is 4.60. The minimum Gasteiger partial charge on any atom is -0.390 e. The number of hydrogen-bond donors (Lipinski definition) is 1. The summed E-state index contributed by atoms with van der Waals surface area (Å²) < 4.78 is 0. The van der Waals surface area contributed by atoms with E-state index in [0.717, 1.165) is 12.8 Å². The average molecular weight is 276 g/mol. The Labute approximate surface area is 125 Å². The van der Waals surface area contributed by atoms with Crippen molar-refractivity contribution < 1.29 is 5.11 Å². The maximum atomic E-state index is 10.1. The second-order valence-corrected chi connectivity index (χ2v) is 8.57. The summed E-state index contributed by atoms with van der Waals surface area (Å²) in [5, 5.41) is 10.1. The van der Waals surface area contributed by atoms with Crippen LogP contribution < -0.4 is 0 Å². The molecule has 2 aliphatic carbocycles. The Morgan fingerprint density at radius 3 is 2.50 bits per heavy atom. The quantitative estimate of drug-likeness (QED) is 0.745. The molecular weight excluding hydrogens is 244 g/mol. The van der Waals surface area contributed by atoms with Gasteiger partial charge in [-0.2, -0.15) is 0 Å². The molecule has 0 aromatic carbocycles. The van der Waals surface area contributed by atoms with E-state index < -0.39 is 5.60 Å². The standard InChI is InChI=1S/C19H32O/c1-14-8-9-16-17(2,3)11-7-12-19(16,6)15(14)10-13-18(4,5)20/h8-9,16,20H,7,10-13H2,1-6H3/t16-,19+/m0/s1. The molecule has 0 spiro atoms. The maximum absolute atomic E-state index is 10.1. The molecule has 0 aromatic heterocycles. The maximum Gasteiger partial charge on any atom is 0.0594 e. The van der Waals surface area contributed by atoms with Gasteiger partial charge in [-0.25, -0.2) is 0 Å². The zero-order valence-electron chi connectivity index (χ0n) is 14.2. The molecule has 0 radical (unpaired) electrons. The molecular formula is C19H32O. The Morgan fingerprint density at radius 2 is 1.90 bits per heavy atom. The van der Waals surface area contributed by atoms with E-state index in [2.05, 4.69) is 39.8 Å². The van der Waals surface area contributed by atoms with E-state index in [1.807, 2.05) is 13.8 Å². The van der Waals surface area contributed by atoms with E-state index in [4.69, 9.17) is 0 Å². The summed E-state index contributed by atoms with van der Waals surface area (Å²) in [6, 6.07) is 0. The predicted molar refractivity (Wildman–Crippen MR) is 86.6 cm³/mol. The first-order valence-electron chi connectivity index (χ1n) is 8.17. The zero-order chi connectivity index (χ0) is 15.2. The van der Waals surface area contributed by atoms with Gasteiger partial charge in [0, 0.05) is 0 Å². The fraction of sp³-hybridized carbons (Fsp3) is 0.789. The largest absolute Gasteiger partial charge is 0.390 e. The minimum atomic E-state index is -0.565. The molecule has 0 aromatic rings. The van der Waals surface area contributed by atoms with E-state index in [0.29, 0.717) is 16.7 Å². The van der Waals surface area contributed by atoms with Crippen LogP contribution in [0, 0.1) is 16.7 Å². The summed E-state index contributed by atoms with van der Waals surface area (Å²) in [7, 11) is 0. The van der Waals surface area contributed by atoms with Crippen molar-refractivity contribution in [1.29, 1.82) is 0 Å². The lowest BCUT2D eigenvalue weighted by molar-refractivity contribution is 0.0459. The van der Waals surface area contributed by atoms with Crippen molar-refractivity contribution in [2.24, 2.45) is 16.7 Å². The molecule has 0 bridgehead atoms. The van der Waals surface area contributed by atoms with Crippen LogP contribution in [0.4, 0.5) is 0 Å². The van der Waals surface area contributed by atoms with Crippen LogP contribution in [0.25, 0.3) is 0 Å². The monoisotopic (exact) mass is 276 g/mol. The molecule has 1 nitrogen and oxygen atoms in total. The van der Waals surface area contributed by atoms with Gasteiger partial charge in [-0.3, -0.25) is 0 Å². The highest BCUT2D eigenvalue weighted by molar-refractivity contribution is 5.37. The highest BCUT2D eigenvalue weighted by Gasteiger charge is 2.48. The molecule has 20 heavy (non-hydrogen) atoms. The highest BCUT2D eigenvalue weighted by atomic mass is 16.3. The topological polar surface area (TPSA) is 20.2 Å². The van der Waals surface area contributed by atoms with Crippen molar-refractivity contribution in [3.63, 3.8) is 0 Å². The van der Waals surface area contributed by atoms with Crippen molar-refractivity contribution >= 4 is 0 Å². The van der Waals surface area contributed by atoms with E-state index in [1.54, 1.807) is 5.57 Å². The summed E-state index contributed by atoms with van der Waals surface area (Å²) in [5.41, 5.74) is 3.16. The van der Waals surface area contributed by atoms with Crippen LogP contribution >= 0.6 is 0 Å². The van der Waals surface area contributed by atoms with Crippen molar-refractivity contribution in [3.05, 3.63) is 23.3 Å². The van der Waals surface area contributed by atoms with E-state index in [1.165, 1.54) is 24.8 Å². The van der Waals surface area contributed by atoms with Gasteiger partial charge < -0.3 is 5.11 Å². The Kier molecular flexibility index (Phi) is 3.97. The number of fused-ring (bicyclic) bond motifs is 1. The molecule has 0 saturated heterocycles. The van der Waals surface area contributed by atoms with Gasteiger partial charge in [0.25, 0.3) is 0 Å². The minimum absolute atomic E-state index is 0.297. The van der Waals surface area contributed by atoms with Gasteiger partial charge in [0.1, 0.15) is 0 Å². The molecule has 1 N–H and O–H groups in total. The van der Waals surface area contributed by atoms with Crippen LogP contribution in [0.3, 0.4) is 0 Å². The van der Waals surface area contributed by atoms with Crippen molar-refractivity contribution in [2.45, 2.75) is 79.2 Å². The normalized spacial score (nSPS) is 33.2. The third-order valence-electron chi connectivity index (χ3n) is 5.74. The van der Waals surface area contributed by atoms with Gasteiger partial charge >= 0.3 is 0 Å². The first kappa shape index (κ1) is 15.8. The Bertz CT molecular complexity index is 433. The first-order valence-corrected chi connectivity index (χ1v) is 8.17. The van der Waals surface area contributed by atoms with E-state index in [-0.39, 0.29) is 0 Å². The van der Waals surface area contributed by atoms with Gasteiger partial charge in [0.15, 0.2) is 0 Å². The van der Waals surface area contributed by atoms with Crippen LogP contribution in [0.1, 0.15) is 73.6 Å². The SMILES string of the molecule is CC1=C(CCC(C)(C)O)[C@@]2(C)CCCC(C)(C)[C@@H]2C=C1. The molecule has 2 rings (SSSR count). The molecule has 1 fully saturated rings. The van der Waals surface area contributed by atoms with Crippen LogP contribution in [-0.4, -0.2) is 10.7 Å². The third kappa shape index (κ3) is 2.88. The zero-order valence-corrected chi connectivity index (χ0v) is 14.2. The van der Waals surface area contributed by atoms with Crippen LogP contribution in [0.5, 0.6) is 0 Å². The van der Waals surface area contributed by atoms with Crippen molar-refractivity contribution in [3.8, 4) is 0 Å². The van der Waals surface area contributed by atoms with E-state index in [9.17, 15) is 5.11 Å². The van der Waals surface area contributed by atoms with Crippen LogP contribution in [-0.2, 0) is 0 Å². The van der Waals surface area contributed by atoms with Gasteiger partial charge in [0.2, 0.25) is 0 Å². The van der Waals surface area contributed by atoms with Crippen LogP contribution in [0.2, 0.25) is 0 Å². The lowest BCUT2D eigenvalue weighted by Gasteiger charge is -2.53. The van der Waals surface area contributed by atoms with Crippen LogP contribution in [0.15, 0.2) is 23.3 Å². The van der Waals surface area contributed by atoms with Gasteiger partial charge in [-0.15, -0.1) is 0 Å². The van der Waals surface area contributed by atoms with Gasteiger partial charge in [-0.1, -0.05) is 50.5 Å². The number of hydrogen-bond acceptors (Lipinski definition) is 1. The second-order valence-electron chi connectivity index (χ2n) is 8.57. The number of rotatable bonds is 3. The fourth-order valence-corrected chi connectivity index (χ4v) is 4.60. The van der Waals surface area contributed by atoms with Gasteiger partial charge in [-0.05, 0) is 63.2 Å². The Morgan fingerprint density at radius 1 is 1.25 bits per heavy atom. The van der Waals surface area contributed by atoms with Crippen molar-refractivity contribution in [2.75, 3.05) is 0 Å². The average Bonchev–Trinajstić information content (AvgIpc) is 2.24. The highest BCUT2D eigenvalue weighted by Crippen LogP contribution is 2.58. The summed E-state index contributed by atoms with van der Waals surface area (Å²) in [6.07, 6.45) is 10.6. The molecule has 0 amide bonds. The molecule has 2 aliphatic rings.